The molecule has 0 radical (unpaired) electrons. The van der Waals surface area contributed by atoms with Gasteiger partial charge in [0.15, 0.2) is 0 Å². The molecule has 5 heteroatoms. The molecule has 4 nitrogen and oxygen atoms in total. The van der Waals surface area contributed by atoms with Crippen LogP contribution in [0.5, 0.6) is 5.75 Å². The summed E-state index contributed by atoms with van der Waals surface area (Å²) in [5.41, 5.74) is 7.02. The maximum absolute atomic E-state index is 12.7. The van der Waals surface area contributed by atoms with Gasteiger partial charge in [0.2, 0.25) is 0 Å². The first-order chi connectivity index (χ1) is 10.1. The molecule has 0 bridgehead atoms. The number of carbonyl (C=O) groups is 1. The first-order valence-electron chi connectivity index (χ1n) is 7.22. The minimum atomic E-state index is 0.109. The van der Waals surface area contributed by atoms with Crippen LogP contribution in [0, 0.1) is 6.92 Å². The Balaban J connectivity index is 1.96. The first kappa shape index (κ1) is 14.4. The largest absolute Gasteiger partial charge is 0.497 e. The molecule has 2 N–H and O–H groups in total. The van der Waals surface area contributed by atoms with Crippen molar-refractivity contribution >= 4 is 27.3 Å². The molecule has 0 saturated carbocycles. The van der Waals surface area contributed by atoms with Crippen molar-refractivity contribution in [3.8, 4) is 5.75 Å². The molecule has 0 spiro atoms. The lowest BCUT2D eigenvalue weighted by Gasteiger charge is -2.30. The summed E-state index contributed by atoms with van der Waals surface area (Å²) in [5, 5.41) is 1.10. The number of ether oxygens (including phenoxy) is 1. The minimum absolute atomic E-state index is 0.109. The SMILES string of the molecule is COc1ccc2sc(C(=O)N3CCC[C@H](N)C3)c(C)c2c1. The average molecular weight is 304 g/mol. The van der Waals surface area contributed by atoms with Crippen LogP contribution in [-0.4, -0.2) is 37.0 Å². The van der Waals surface area contributed by atoms with Gasteiger partial charge >= 0.3 is 0 Å². The van der Waals surface area contributed by atoms with Gasteiger partial charge in [0.1, 0.15) is 5.75 Å². The molecule has 0 aliphatic carbocycles. The van der Waals surface area contributed by atoms with Crippen molar-refractivity contribution in [1.29, 1.82) is 0 Å². The number of hydrogen-bond acceptors (Lipinski definition) is 4. The Morgan fingerprint density at radius 3 is 3.00 bits per heavy atom. The first-order valence-corrected chi connectivity index (χ1v) is 8.04. The molecule has 2 heterocycles. The Labute approximate surface area is 128 Å². The zero-order valence-corrected chi connectivity index (χ0v) is 13.2. The lowest BCUT2D eigenvalue weighted by atomic mass is 10.1. The molecule has 1 aliphatic rings. The van der Waals surface area contributed by atoms with Gasteiger partial charge in [-0.25, -0.2) is 0 Å². The van der Waals surface area contributed by atoms with E-state index in [1.807, 2.05) is 30.0 Å². The van der Waals surface area contributed by atoms with E-state index in [0.29, 0.717) is 6.54 Å². The fraction of sp³-hybridized carbons (Fsp3) is 0.438. The minimum Gasteiger partial charge on any atom is -0.497 e. The summed E-state index contributed by atoms with van der Waals surface area (Å²) < 4.78 is 6.39. The summed E-state index contributed by atoms with van der Waals surface area (Å²) >= 11 is 1.56. The van der Waals surface area contributed by atoms with Gasteiger partial charge in [-0.15, -0.1) is 11.3 Å². The van der Waals surface area contributed by atoms with Gasteiger partial charge in [-0.3, -0.25) is 4.79 Å². The van der Waals surface area contributed by atoms with E-state index >= 15 is 0 Å². The second kappa shape index (κ2) is 5.66. The summed E-state index contributed by atoms with van der Waals surface area (Å²) in [5.74, 6) is 0.935. The molecule has 1 aromatic carbocycles. The van der Waals surface area contributed by atoms with Crippen molar-refractivity contribution in [2.24, 2.45) is 5.73 Å². The van der Waals surface area contributed by atoms with Gasteiger partial charge in [0.25, 0.3) is 5.91 Å². The number of nitrogens with zero attached hydrogens (tertiary/aromatic N) is 1. The van der Waals surface area contributed by atoms with Crippen LogP contribution in [0.3, 0.4) is 0 Å². The molecule has 21 heavy (non-hydrogen) atoms. The third-order valence-corrected chi connectivity index (χ3v) is 5.34. The second-order valence-corrected chi connectivity index (χ2v) is 6.62. The summed E-state index contributed by atoms with van der Waals surface area (Å²) in [6.07, 6.45) is 2.00. The molecule has 1 amide bonds. The maximum atomic E-state index is 12.7. The van der Waals surface area contributed by atoms with Crippen LogP contribution in [0.4, 0.5) is 0 Å². The average Bonchev–Trinajstić information content (AvgIpc) is 2.83. The fourth-order valence-corrected chi connectivity index (χ4v) is 4.03. The molecular formula is C16H20N2O2S. The topological polar surface area (TPSA) is 55.6 Å². The number of methoxy groups -OCH3 is 1. The molecule has 1 fully saturated rings. The van der Waals surface area contributed by atoms with Crippen molar-refractivity contribution < 1.29 is 9.53 Å². The van der Waals surface area contributed by atoms with E-state index in [9.17, 15) is 4.79 Å². The van der Waals surface area contributed by atoms with E-state index in [-0.39, 0.29) is 11.9 Å². The predicted octanol–water partition coefficient (Wildman–Crippen LogP) is 2.78. The van der Waals surface area contributed by atoms with Crippen molar-refractivity contribution in [3.63, 3.8) is 0 Å². The second-order valence-electron chi connectivity index (χ2n) is 5.57. The maximum Gasteiger partial charge on any atom is 0.264 e. The van der Waals surface area contributed by atoms with Crippen molar-refractivity contribution in [3.05, 3.63) is 28.6 Å². The standard InChI is InChI=1S/C16H20N2O2S/c1-10-13-8-12(20-2)5-6-14(13)21-15(10)16(19)18-7-3-4-11(17)9-18/h5-6,8,11H,3-4,7,9,17H2,1-2H3/t11-/m0/s1. The highest BCUT2D eigenvalue weighted by Crippen LogP contribution is 2.34. The van der Waals surface area contributed by atoms with Gasteiger partial charge in [-0.2, -0.15) is 0 Å². The highest BCUT2D eigenvalue weighted by molar-refractivity contribution is 7.21. The molecule has 1 atom stereocenters. The van der Waals surface area contributed by atoms with Crippen LogP contribution in [0.15, 0.2) is 18.2 Å². The van der Waals surface area contributed by atoms with Crippen molar-refractivity contribution in [2.45, 2.75) is 25.8 Å². The molecule has 2 aromatic rings. The number of carbonyl (C=O) groups excluding carboxylic acids is 1. The molecule has 0 unspecified atom stereocenters. The lowest BCUT2D eigenvalue weighted by molar-refractivity contribution is 0.0713. The zero-order valence-electron chi connectivity index (χ0n) is 12.4. The number of benzene rings is 1. The van der Waals surface area contributed by atoms with Crippen LogP contribution in [0.1, 0.15) is 28.1 Å². The quantitative estimate of drug-likeness (QED) is 0.928. The fourth-order valence-electron chi connectivity index (χ4n) is 2.87. The van der Waals surface area contributed by atoms with E-state index in [2.05, 4.69) is 0 Å². The number of fused-ring (bicyclic) bond motifs is 1. The lowest BCUT2D eigenvalue weighted by Crippen LogP contribution is -2.45. The monoisotopic (exact) mass is 304 g/mol. The third-order valence-electron chi connectivity index (χ3n) is 4.08. The Morgan fingerprint density at radius 1 is 1.48 bits per heavy atom. The van der Waals surface area contributed by atoms with Crippen LogP contribution < -0.4 is 10.5 Å². The molecule has 1 saturated heterocycles. The zero-order chi connectivity index (χ0) is 15.0. The van der Waals surface area contributed by atoms with E-state index in [1.54, 1.807) is 18.4 Å². The molecule has 1 aromatic heterocycles. The summed E-state index contributed by atoms with van der Waals surface area (Å²) in [7, 11) is 1.66. The van der Waals surface area contributed by atoms with Crippen LogP contribution in [-0.2, 0) is 0 Å². The number of amides is 1. The van der Waals surface area contributed by atoms with Gasteiger partial charge < -0.3 is 15.4 Å². The van der Waals surface area contributed by atoms with Gasteiger partial charge in [-0.1, -0.05) is 0 Å². The van der Waals surface area contributed by atoms with Gasteiger partial charge in [-0.05, 0) is 48.9 Å². The smallest absolute Gasteiger partial charge is 0.264 e. The van der Waals surface area contributed by atoms with Crippen LogP contribution >= 0.6 is 11.3 Å². The van der Waals surface area contributed by atoms with Crippen molar-refractivity contribution in [2.75, 3.05) is 20.2 Å². The third kappa shape index (κ3) is 2.63. The Morgan fingerprint density at radius 2 is 2.29 bits per heavy atom. The Kier molecular flexibility index (Phi) is 3.87. The number of thiophene rings is 1. The van der Waals surface area contributed by atoms with E-state index < -0.39 is 0 Å². The number of nitrogens with two attached hydrogens (primary N) is 1. The van der Waals surface area contributed by atoms with Crippen LogP contribution in [0.25, 0.3) is 10.1 Å². The number of aryl methyl sites for hydroxylation is 1. The molecular weight excluding hydrogens is 284 g/mol. The number of rotatable bonds is 2. The predicted molar refractivity (Wildman–Crippen MR) is 86.2 cm³/mol. The van der Waals surface area contributed by atoms with E-state index in [1.165, 1.54) is 0 Å². The Hall–Kier alpha value is -1.59. The molecule has 3 rings (SSSR count). The highest BCUT2D eigenvalue weighted by atomic mass is 32.1. The summed E-state index contributed by atoms with van der Waals surface area (Å²) in [4.78, 5) is 15.5. The van der Waals surface area contributed by atoms with Gasteiger partial charge in [0, 0.05) is 23.8 Å². The number of hydrogen-bond donors (Lipinski definition) is 1. The molecule has 112 valence electrons. The van der Waals surface area contributed by atoms with E-state index in [4.69, 9.17) is 10.5 Å². The number of piperidine rings is 1. The summed E-state index contributed by atoms with van der Waals surface area (Å²) in [6, 6.07) is 6.06. The van der Waals surface area contributed by atoms with E-state index in [0.717, 1.165) is 45.7 Å². The molecule has 1 aliphatic heterocycles. The van der Waals surface area contributed by atoms with Crippen LogP contribution in [0.2, 0.25) is 0 Å². The Bertz CT molecular complexity index is 680. The van der Waals surface area contributed by atoms with Crippen molar-refractivity contribution in [1.82, 2.24) is 4.90 Å². The highest BCUT2D eigenvalue weighted by Gasteiger charge is 2.25. The number of likely N-dealkylation sites (tertiary alicyclic amines) is 1. The summed E-state index contributed by atoms with van der Waals surface area (Å²) in [6.45, 7) is 3.48. The normalized spacial score (nSPS) is 19.0. The van der Waals surface area contributed by atoms with Gasteiger partial charge in [0.05, 0.1) is 12.0 Å².